The number of nitro benzene ring substituents is 1. The number of non-ortho nitro benzene ring substituents is 1. The van der Waals surface area contributed by atoms with Gasteiger partial charge in [-0.05, 0) is 0 Å². The fourth-order valence-electron chi connectivity index (χ4n) is 1.35. The van der Waals surface area contributed by atoms with Crippen molar-refractivity contribution in [1.82, 2.24) is 9.97 Å². The van der Waals surface area contributed by atoms with Gasteiger partial charge in [0.15, 0.2) is 0 Å². The zero-order valence-electron chi connectivity index (χ0n) is 8.45. The molecule has 1 heterocycles. The lowest BCUT2D eigenvalue weighted by atomic mass is 10.2. The number of nitrogens with zero attached hydrogens (tertiary/aromatic N) is 2. The van der Waals surface area contributed by atoms with Crippen molar-refractivity contribution in [1.29, 1.82) is 0 Å². The number of aromatic amines is 1. The summed E-state index contributed by atoms with van der Waals surface area (Å²) in [5.74, 6) is -0.353. The zero-order valence-corrected chi connectivity index (χ0v) is 8.45. The van der Waals surface area contributed by atoms with Gasteiger partial charge in [0.25, 0.3) is 11.2 Å². The van der Waals surface area contributed by atoms with Crippen molar-refractivity contribution in [2.45, 2.75) is 0 Å². The summed E-state index contributed by atoms with van der Waals surface area (Å²) >= 11 is 0. The van der Waals surface area contributed by atoms with E-state index >= 15 is 0 Å². The first-order valence-electron chi connectivity index (χ1n) is 4.61. The molecule has 86 valence electrons. The molecule has 0 aliphatic heterocycles. The summed E-state index contributed by atoms with van der Waals surface area (Å²) in [6.45, 7) is 0. The van der Waals surface area contributed by atoms with Gasteiger partial charge in [0.05, 0.1) is 11.0 Å². The number of aromatic hydroxyl groups is 1. The van der Waals surface area contributed by atoms with Crippen molar-refractivity contribution in [3.63, 3.8) is 0 Å². The van der Waals surface area contributed by atoms with Gasteiger partial charge in [0.2, 0.25) is 5.88 Å². The molecule has 7 nitrogen and oxygen atoms in total. The maximum Gasteiger partial charge on any atom is 0.270 e. The minimum Gasteiger partial charge on any atom is -0.493 e. The van der Waals surface area contributed by atoms with Crippen LogP contribution in [0.5, 0.6) is 5.88 Å². The smallest absolute Gasteiger partial charge is 0.270 e. The van der Waals surface area contributed by atoms with Crippen LogP contribution in [0.2, 0.25) is 0 Å². The second-order valence-corrected chi connectivity index (χ2v) is 3.26. The van der Waals surface area contributed by atoms with Crippen LogP contribution in [0.15, 0.2) is 35.1 Å². The Morgan fingerprint density at radius 1 is 1.35 bits per heavy atom. The summed E-state index contributed by atoms with van der Waals surface area (Å²) in [5, 5.41) is 19.8. The molecule has 2 aromatic rings. The highest BCUT2D eigenvalue weighted by atomic mass is 16.6. The molecule has 7 heteroatoms. The molecule has 2 rings (SSSR count). The number of aromatic nitrogens is 2. The number of nitro groups is 1. The zero-order chi connectivity index (χ0) is 12.4. The lowest BCUT2D eigenvalue weighted by Crippen LogP contribution is -2.06. The molecule has 0 spiro atoms. The van der Waals surface area contributed by atoms with E-state index in [0.29, 0.717) is 5.56 Å². The molecule has 1 aromatic heterocycles. The van der Waals surface area contributed by atoms with Crippen LogP contribution in [0.25, 0.3) is 11.4 Å². The Morgan fingerprint density at radius 3 is 2.76 bits per heavy atom. The summed E-state index contributed by atoms with van der Waals surface area (Å²) < 4.78 is 0. The largest absolute Gasteiger partial charge is 0.493 e. The number of rotatable bonds is 2. The summed E-state index contributed by atoms with van der Waals surface area (Å²) in [6, 6.07) is 6.52. The van der Waals surface area contributed by atoms with Crippen LogP contribution in [-0.2, 0) is 0 Å². The molecule has 0 fully saturated rings. The van der Waals surface area contributed by atoms with E-state index in [1.165, 1.54) is 18.2 Å². The van der Waals surface area contributed by atoms with Crippen LogP contribution < -0.4 is 5.56 Å². The molecule has 0 amide bonds. The Hall–Kier alpha value is -2.70. The van der Waals surface area contributed by atoms with E-state index in [0.717, 1.165) is 6.07 Å². The molecule has 0 radical (unpaired) electrons. The predicted molar refractivity (Wildman–Crippen MR) is 58.6 cm³/mol. The third-order valence-electron chi connectivity index (χ3n) is 2.06. The second kappa shape index (κ2) is 4.05. The number of benzene rings is 1. The van der Waals surface area contributed by atoms with Crippen molar-refractivity contribution in [3.05, 3.63) is 50.8 Å². The van der Waals surface area contributed by atoms with Crippen LogP contribution in [0.3, 0.4) is 0 Å². The monoisotopic (exact) mass is 233 g/mol. The lowest BCUT2D eigenvalue weighted by molar-refractivity contribution is -0.384. The summed E-state index contributed by atoms with van der Waals surface area (Å²) in [5.41, 5.74) is -0.292. The maximum atomic E-state index is 11.1. The fourth-order valence-corrected chi connectivity index (χ4v) is 1.35. The van der Waals surface area contributed by atoms with E-state index in [9.17, 15) is 14.9 Å². The molecule has 0 saturated carbocycles. The molecule has 0 atom stereocenters. The van der Waals surface area contributed by atoms with Gasteiger partial charge in [-0.25, -0.2) is 0 Å². The highest BCUT2D eigenvalue weighted by molar-refractivity contribution is 5.59. The fraction of sp³-hybridized carbons (Fsp3) is 0. The molecular weight excluding hydrogens is 226 g/mol. The van der Waals surface area contributed by atoms with E-state index < -0.39 is 16.4 Å². The highest BCUT2D eigenvalue weighted by Gasteiger charge is 2.09. The summed E-state index contributed by atoms with van der Waals surface area (Å²) in [6.07, 6.45) is 0. The van der Waals surface area contributed by atoms with Crippen molar-refractivity contribution in [2.75, 3.05) is 0 Å². The lowest BCUT2D eigenvalue weighted by Gasteiger charge is -2.00. The van der Waals surface area contributed by atoms with Gasteiger partial charge in [-0.15, -0.1) is 0 Å². The van der Waals surface area contributed by atoms with Crippen LogP contribution in [0.4, 0.5) is 5.69 Å². The molecule has 0 saturated heterocycles. The summed E-state index contributed by atoms with van der Waals surface area (Å²) in [4.78, 5) is 27.2. The third kappa shape index (κ3) is 2.28. The standard InChI is InChI=1S/C10H7N3O4/c14-8-5-9(15)12-10(11-8)6-2-1-3-7(4-6)13(16)17/h1-5H,(H2,11,12,14,15). The number of hydrogen-bond acceptors (Lipinski definition) is 5. The molecule has 0 aliphatic rings. The van der Waals surface area contributed by atoms with E-state index in [1.807, 2.05) is 0 Å². The Bertz CT molecular complexity index is 635. The molecule has 0 bridgehead atoms. The molecule has 17 heavy (non-hydrogen) atoms. The van der Waals surface area contributed by atoms with E-state index in [-0.39, 0.29) is 11.5 Å². The Labute approximate surface area is 94.5 Å². The number of hydrogen-bond donors (Lipinski definition) is 2. The number of H-pyrrole nitrogens is 1. The maximum absolute atomic E-state index is 11.1. The van der Waals surface area contributed by atoms with Crippen molar-refractivity contribution in [2.24, 2.45) is 0 Å². The van der Waals surface area contributed by atoms with E-state index in [1.54, 1.807) is 6.07 Å². The average molecular weight is 233 g/mol. The van der Waals surface area contributed by atoms with Gasteiger partial charge in [-0.1, -0.05) is 12.1 Å². The molecule has 2 N–H and O–H groups in total. The molecule has 1 aromatic carbocycles. The first-order valence-corrected chi connectivity index (χ1v) is 4.61. The van der Waals surface area contributed by atoms with Crippen molar-refractivity contribution < 1.29 is 10.0 Å². The molecule has 0 aliphatic carbocycles. The van der Waals surface area contributed by atoms with E-state index in [2.05, 4.69) is 9.97 Å². The topological polar surface area (TPSA) is 109 Å². The highest BCUT2D eigenvalue weighted by Crippen LogP contribution is 2.20. The normalized spacial score (nSPS) is 10.1. The third-order valence-corrected chi connectivity index (χ3v) is 2.06. The average Bonchev–Trinajstić information content (AvgIpc) is 2.28. The Kier molecular flexibility index (Phi) is 2.57. The van der Waals surface area contributed by atoms with Crippen LogP contribution in [0.1, 0.15) is 0 Å². The van der Waals surface area contributed by atoms with Crippen molar-refractivity contribution in [3.8, 4) is 17.3 Å². The van der Waals surface area contributed by atoms with Gasteiger partial charge in [0.1, 0.15) is 5.82 Å². The van der Waals surface area contributed by atoms with E-state index in [4.69, 9.17) is 5.11 Å². The molecule has 0 unspecified atom stereocenters. The van der Waals surface area contributed by atoms with Crippen molar-refractivity contribution >= 4 is 5.69 Å². The SMILES string of the molecule is O=c1cc(O)nc(-c2cccc([N+](=O)[O-])c2)[nH]1. The van der Waals surface area contributed by atoms with Crippen LogP contribution in [0, 0.1) is 10.1 Å². The minimum atomic E-state index is -0.551. The first kappa shape index (κ1) is 10.8. The Balaban J connectivity index is 2.56. The predicted octanol–water partition coefficient (Wildman–Crippen LogP) is 1.05. The number of nitrogens with one attached hydrogen (secondary N) is 1. The van der Waals surface area contributed by atoms with Gasteiger partial charge < -0.3 is 10.1 Å². The second-order valence-electron chi connectivity index (χ2n) is 3.26. The molecular formula is C10H7N3O4. The van der Waals surface area contributed by atoms with Crippen LogP contribution >= 0.6 is 0 Å². The summed E-state index contributed by atoms with van der Waals surface area (Å²) in [7, 11) is 0. The quantitative estimate of drug-likeness (QED) is 0.595. The van der Waals surface area contributed by atoms with Gasteiger partial charge in [0, 0.05) is 17.7 Å². The van der Waals surface area contributed by atoms with Gasteiger partial charge >= 0.3 is 0 Å². The first-order chi connectivity index (χ1) is 8.06. The van der Waals surface area contributed by atoms with Gasteiger partial charge in [-0.2, -0.15) is 4.98 Å². The van der Waals surface area contributed by atoms with Gasteiger partial charge in [-0.3, -0.25) is 14.9 Å². The van der Waals surface area contributed by atoms with Crippen LogP contribution in [-0.4, -0.2) is 20.0 Å². The minimum absolute atomic E-state index is 0.0821. The Morgan fingerprint density at radius 2 is 2.12 bits per heavy atom.